The highest BCUT2D eigenvalue weighted by atomic mass is 16.5. The molecule has 1 aromatic carbocycles. The van der Waals surface area contributed by atoms with E-state index in [4.69, 9.17) is 9.47 Å². The summed E-state index contributed by atoms with van der Waals surface area (Å²) >= 11 is 0. The van der Waals surface area contributed by atoms with Crippen LogP contribution in [0.5, 0.6) is 0 Å². The van der Waals surface area contributed by atoms with Gasteiger partial charge in [-0.15, -0.1) is 0 Å². The van der Waals surface area contributed by atoms with Gasteiger partial charge in [-0.2, -0.15) is 0 Å². The summed E-state index contributed by atoms with van der Waals surface area (Å²) in [6, 6.07) is 8.60. The fourth-order valence-corrected chi connectivity index (χ4v) is 1.85. The highest BCUT2D eigenvalue weighted by molar-refractivity contribution is 5.21. The zero-order valence-corrected chi connectivity index (χ0v) is 14.9. The molecule has 0 aromatic heterocycles. The lowest BCUT2D eigenvalue weighted by molar-refractivity contribution is -0.0149. The lowest BCUT2D eigenvalue weighted by atomic mass is 10.1. The van der Waals surface area contributed by atoms with Crippen LogP contribution in [0.25, 0.3) is 0 Å². The van der Waals surface area contributed by atoms with Crippen LogP contribution in [0.2, 0.25) is 0 Å². The lowest BCUT2D eigenvalue weighted by Gasteiger charge is -2.19. The van der Waals surface area contributed by atoms with E-state index in [2.05, 4.69) is 64.2 Å². The summed E-state index contributed by atoms with van der Waals surface area (Å²) < 4.78 is 11.4. The first kappa shape index (κ1) is 19.1. The Morgan fingerprint density at radius 1 is 1.00 bits per heavy atom. The van der Waals surface area contributed by atoms with Crippen molar-refractivity contribution in [2.75, 3.05) is 19.8 Å². The Morgan fingerprint density at radius 2 is 1.64 bits per heavy atom. The van der Waals surface area contributed by atoms with Crippen LogP contribution in [-0.2, 0) is 22.6 Å². The van der Waals surface area contributed by atoms with Gasteiger partial charge in [0.2, 0.25) is 0 Å². The van der Waals surface area contributed by atoms with Crippen molar-refractivity contribution < 1.29 is 9.47 Å². The van der Waals surface area contributed by atoms with Crippen molar-refractivity contribution in [3.05, 3.63) is 35.4 Å². The quantitative estimate of drug-likeness (QED) is 0.659. The third kappa shape index (κ3) is 9.93. The van der Waals surface area contributed by atoms with Gasteiger partial charge in [0.25, 0.3) is 0 Å². The van der Waals surface area contributed by atoms with Crippen molar-refractivity contribution in [3.8, 4) is 0 Å². The first-order valence-electron chi connectivity index (χ1n) is 8.37. The summed E-state index contributed by atoms with van der Waals surface area (Å²) in [6.45, 7) is 14.8. The van der Waals surface area contributed by atoms with Gasteiger partial charge in [-0.05, 0) is 44.2 Å². The van der Waals surface area contributed by atoms with Gasteiger partial charge in [0, 0.05) is 19.7 Å². The molecular formula is C19H33NO2. The van der Waals surface area contributed by atoms with Crippen molar-refractivity contribution >= 4 is 0 Å². The molecule has 0 amide bonds. The normalized spacial score (nSPS) is 12.1. The number of nitrogens with one attached hydrogen (secondary N) is 1. The zero-order chi connectivity index (χ0) is 16.4. The molecule has 3 heteroatoms. The van der Waals surface area contributed by atoms with Crippen LogP contribution in [-0.4, -0.2) is 25.4 Å². The molecule has 0 radical (unpaired) electrons. The molecule has 0 fully saturated rings. The van der Waals surface area contributed by atoms with Crippen molar-refractivity contribution in [1.29, 1.82) is 0 Å². The van der Waals surface area contributed by atoms with E-state index in [1.807, 2.05) is 0 Å². The van der Waals surface area contributed by atoms with Crippen LogP contribution in [0.1, 0.15) is 52.2 Å². The summed E-state index contributed by atoms with van der Waals surface area (Å²) in [7, 11) is 0. The third-order valence-corrected chi connectivity index (χ3v) is 3.29. The Labute approximate surface area is 136 Å². The molecule has 1 N–H and O–H groups in total. The summed E-state index contributed by atoms with van der Waals surface area (Å²) in [5.74, 6) is 0.716. The molecule has 0 aliphatic heterocycles. The van der Waals surface area contributed by atoms with Gasteiger partial charge in [-0.1, -0.05) is 38.1 Å². The monoisotopic (exact) mass is 307 g/mol. The largest absolute Gasteiger partial charge is 0.380 e. The summed E-state index contributed by atoms with van der Waals surface area (Å²) in [5.41, 5.74) is 2.42. The third-order valence-electron chi connectivity index (χ3n) is 3.29. The Balaban J connectivity index is 2.14. The Bertz CT molecular complexity index is 393. The maximum Gasteiger partial charge on any atom is 0.0724 e. The average Bonchev–Trinajstić information content (AvgIpc) is 2.44. The summed E-state index contributed by atoms with van der Waals surface area (Å²) in [6.07, 6.45) is 1.14. The van der Waals surface area contributed by atoms with Gasteiger partial charge in [0.1, 0.15) is 0 Å². The van der Waals surface area contributed by atoms with Crippen molar-refractivity contribution in [1.82, 2.24) is 5.32 Å². The van der Waals surface area contributed by atoms with Crippen molar-refractivity contribution in [3.63, 3.8) is 0 Å². The summed E-state index contributed by atoms with van der Waals surface area (Å²) in [4.78, 5) is 0. The van der Waals surface area contributed by atoms with Gasteiger partial charge in [0.15, 0.2) is 0 Å². The second-order valence-corrected chi connectivity index (χ2v) is 7.19. The number of hydrogen-bond donors (Lipinski definition) is 1. The van der Waals surface area contributed by atoms with E-state index in [0.29, 0.717) is 12.5 Å². The van der Waals surface area contributed by atoms with E-state index in [0.717, 1.165) is 32.7 Å². The first-order valence-corrected chi connectivity index (χ1v) is 8.37. The Kier molecular flexibility index (Phi) is 8.69. The molecule has 0 heterocycles. The van der Waals surface area contributed by atoms with Crippen LogP contribution >= 0.6 is 0 Å². The lowest BCUT2D eigenvalue weighted by Crippen LogP contribution is -2.20. The molecule has 0 aliphatic carbocycles. The molecule has 1 aromatic rings. The highest BCUT2D eigenvalue weighted by Gasteiger charge is 2.09. The van der Waals surface area contributed by atoms with E-state index in [-0.39, 0.29) is 5.60 Å². The maximum absolute atomic E-state index is 5.78. The van der Waals surface area contributed by atoms with Gasteiger partial charge in [-0.3, -0.25) is 0 Å². The minimum atomic E-state index is -0.0875. The topological polar surface area (TPSA) is 30.5 Å². The molecule has 22 heavy (non-hydrogen) atoms. The molecule has 0 spiro atoms. The molecule has 0 saturated heterocycles. The van der Waals surface area contributed by atoms with E-state index in [1.165, 1.54) is 11.1 Å². The van der Waals surface area contributed by atoms with Gasteiger partial charge in [0.05, 0.1) is 18.8 Å². The first-order chi connectivity index (χ1) is 10.4. The smallest absolute Gasteiger partial charge is 0.0724 e. The second-order valence-electron chi connectivity index (χ2n) is 7.19. The van der Waals surface area contributed by atoms with Crippen molar-refractivity contribution in [2.24, 2.45) is 5.92 Å². The van der Waals surface area contributed by atoms with E-state index < -0.39 is 0 Å². The van der Waals surface area contributed by atoms with Crippen LogP contribution in [0, 0.1) is 5.92 Å². The molecule has 0 atom stereocenters. The van der Waals surface area contributed by atoms with Crippen LogP contribution in [0.4, 0.5) is 0 Å². The van der Waals surface area contributed by atoms with E-state index in [1.54, 1.807) is 0 Å². The SMILES string of the molecule is CC(C)CCOCCNCc1ccc(COC(C)(C)C)cc1. The molecule has 3 nitrogen and oxygen atoms in total. The minimum absolute atomic E-state index is 0.0875. The Morgan fingerprint density at radius 3 is 2.23 bits per heavy atom. The number of hydrogen-bond acceptors (Lipinski definition) is 3. The highest BCUT2D eigenvalue weighted by Crippen LogP contribution is 2.12. The molecule has 0 bridgehead atoms. The van der Waals surface area contributed by atoms with Crippen molar-refractivity contribution in [2.45, 2.75) is 59.8 Å². The predicted octanol–water partition coefficient (Wildman–Crippen LogP) is 4.15. The van der Waals surface area contributed by atoms with Gasteiger partial charge < -0.3 is 14.8 Å². The number of ether oxygens (including phenoxy) is 2. The van der Waals surface area contributed by atoms with Gasteiger partial charge >= 0.3 is 0 Å². The fraction of sp³-hybridized carbons (Fsp3) is 0.684. The standard InChI is InChI=1S/C19H33NO2/c1-16(2)10-12-21-13-11-20-14-17-6-8-18(9-7-17)15-22-19(3,4)5/h6-9,16,20H,10-15H2,1-5H3. The molecule has 0 unspecified atom stereocenters. The fourth-order valence-electron chi connectivity index (χ4n) is 1.85. The van der Waals surface area contributed by atoms with Crippen LogP contribution in [0.15, 0.2) is 24.3 Å². The zero-order valence-electron chi connectivity index (χ0n) is 14.9. The molecule has 126 valence electrons. The Hall–Kier alpha value is -0.900. The maximum atomic E-state index is 5.78. The van der Waals surface area contributed by atoms with Gasteiger partial charge in [-0.25, -0.2) is 0 Å². The predicted molar refractivity (Wildman–Crippen MR) is 93.0 cm³/mol. The van der Waals surface area contributed by atoms with Crippen LogP contribution in [0.3, 0.4) is 0 Å². The molecule has 0 aliphatic rings. The molecule has 1 rings (SSSR count). The molecule has 0 saturated carbocycles. The van der Waals surface area contributed by atoms with E-state index >= 15 is 0 Å². The number of benzene rings is 1. The minimum Gasteiger partial charge on any atom is -0.380 e. The van der Waals surface area contributed by atoms with E-state index in [9.17, 15) is 0 Å². The second kappa shape index (κ2) is 9.98. The van der Waals surface area contributed by atoms with Crippen LogP contribution < -0.4 is 5.32 Å². The number of rotatable bonds is 10. The molecular weight excluding hydrogens is 274 g/mol. The average molecular weight is 307 g/mol. The summed E-state index contributed by atoms with van der Waals surface area (Å²) in [5, 5.41) is 3.41.